The summed E-state index contributed by atoms with van der Waals surface area (Å²) in [7, 11) is 1.59. The number of aryl methyl sites for hydroxylation is 1. The first-order chi connectivity index (χ1) is 21.5. The maximum absolute atomic E-state index is 13.8. The largest absolute Gasteiger partial charge is 1.00 e. The number of methoxy groups -OCH3 is 1. The van der Waals surface area contributed by atoms with E-state index in [1.807, 2.05) is 53.4 Å². The molecule has 0 N–H and O–H groups in total. The van der Waals surface area contributed by atoms with Crippen LogP contribution in [0, 0.1) is 0 Å². The normalized spacial score (nSPS) is 10.8. The van der Waals surface area contributed by atoms with Gasteiger partial charge in [-0.1, -0.05) is 114 Å². The number of aromatic nitrogens is 1. The van der Waals surface area contributed by atoms with Gasteiger partial charge in [0.15, 0.2) is 12.4 Å². The Bertz CT molecular complexity index is 1260. The molecule has 0 aliphatic rings. The van der Waals surface area contributed by atoms with Crippen molar-refractivity contribution < 1.29 is 42.8 Å². The quantitative estimate of drug-likeness (QED) is 0.0634. The van der Waals surface area contributed by atoms with Crippen LogP contribution < -0.4 is 38.0 Å². The zero-order valence-electron chi connectivity index (χ0n) is 27.7. The molecule has 5 nitrogen and oxygen atoms in total. The summed E-state index contributed by atoms with van der Waals surface area (Å²) >= 11 is 6.67. The van der Waals surface area contributed by atoms with Gasteiger partial charge >= 0.3 is 0 Å². The standard InChI is InChI=1S/C38H54ClN2O3.HI/c1-4-6-7-8-9-10-11-12-13-14-15-18-27-44-37-24-23-32(28-35(37)39)30-41(31-33-20-19-26-40(29-33)25-5-2)38(42)34-21-16-17-22-36(34)43-3;/h16-17,19-24,26,28-29H,4-15,18,25,27,30-31H2,1-3H3;1H/q+1;/p-1. The van der Waals surface area contributed by atoms with Gasteiger partial charge in [0.25, 0.3) is 5.91 Å². The molecule has 0 spiro atoms. The van der Waals surface area contributed by atoms with Crippen molar-refractivity contribution in [2.24, 2.45) is 0 Å². The number of nitrogens with zero attached hydrogens (tertiary/aromatic N) is 2. The number of benzene rings is 2. The Morgan fingerprint density at radius 1 is 0.756 bits per heavy atom. The van der Waals surface area contributed by atoms with Gasteiger partial charge in [0.2, 0.25) is 0 Å². The van der Waals surface area contributed by atoms with Crippen LogP contribution in [-0.4, -0.2) is 24.5 Å². The lowest BCUT2D eigenvalue weighted by Gasteiger charge is -2.24. The molecule has 2 aromatic carbocycles. The highest BCUT2D eigenvalue weighted by molar-refractivity contribution is 6.32. The van der Waals surface area contributed by atoms with Crippen LogP contribution in [-0.2, 0) is 19.6 Å². The number of halogens is 2. The summed E-state index contributed by atoms with van der Waals surface area (Å²) in [5, 5.41) is 0.576. The highest BCUT2D eigenvalue weighted by Crippen LogP contribution is 2.28. The van der Waals surface area contributed by atoms with Crippen molar-refractivity contribution in [3.05, 3.63) is 88.7 Å². The number of carbonyl (C=O) groups is 1. The summed E-state index contributed by atoms with van der Waals surface area (Å²) in [4.78, 5) is 15.7. The zero-order valence-corrected chi connectivity index (χ0v) is 30.7. The van der Waals surface area contributed by atoms with Crippen LogP contribution in [0.15, 0.2) is 67.0 Å². The second kappa shape index (κ2) is 23.1. The van der Waals surface area contributed by atoms with E-state index >= 15 is 0 Å². The number of unbranched alkanes of at least 4 members (excludes halogenated alkanes) is 11. The van der Waals surface area contributed by atoms with Crippen molar-refractivity contribution in [1.82, 2.24) is 4.90 Å². The van der Waals surface area contributed by atoms with E-state index in [2.05, 4.69) is 36.9 Å². The number of pyridine rings is 1. The fraction of sp³-hybridized carbons (Fsp3) is 0.526. The molecular weight excluding hydrogens is 695 g/mol. The predicted molar refractivity (Wildman–Crippen MR) is 182 cm³/mol. The third-order valence-electron chi connectivity index (χ3n) is 8.02. The van der Waals surface area contributed by atoms with Crippen molar-refractivity contribution >= 4 is 17.5 Å². The van der Waals surface area contributed by atoms with Crippen LogP contribution in [0.1, 0.15) is 119 Å². The number of hydrogen-bond acceptors (Lipinski definition) is 3. The van der Waals surface area contributed by atoms with Gasteiger partial charge in [-0.15, -0.1) is 0 Å². The minimum atomic E-state index is -0.0863. The minimum Gasteiger partial charge on any atom is -1.00 e. The molecule has 7 heteroatoms. The fourth-order valence-corrected chi connectivity index (χ4v) is 5.84. The monoisotopic (exact) mass is 748 g/mol. The van der Waals surface area contributed by atoms with E-state index < -0.39 is 0 Å². The summed E-state index contributed by atoms with van der Waals surface area (Å²) in [6.45, 7) is 6.92. The van der Waals surface area contributed by atoms with Crippen LogP contribution >= 0.6 is 11.6 Å². The molecule has 45 heavy (non-hydrogen) atoms. The van der Waals surface area contributed by atoms with Gasteiger partial charge in [-0.05, 0) is 42.3 Å². The third kappa shape index (κ3) is 14.3. The smallest absolute Gasteiger partial charge is 0.258 e. The van der Waals surface area contributed by atoms with Crippen molar-refractivity contribution in [2.75, 3.05) is 13.7 Å². The topological polar surface area (TPSA) is 42.7 Å². The summed E-state index contributed by atoms with van der Waals surface area (Å²) in [6.07, 6.45) is 21.0. The second-order valence-electron chi connectivity index (χ2n) is 11.8. The van der Waals surface area contributed by atoms with Crippen LogP contribution in [0.5, 0.6) is 11.5 Å². The molecule has 0 saturated heterocycles. The van der Waals surface area contributed by atoms with Crippen LogP contribution in [0.2, 0.25) is 5.02 Å². The van der Waals surface area contributed by atoms with Crippen LogP contribution in [0.25, 0.3) is 0 Å². The molecule has 3 rings (SSSR count). The van der Waals surface area contributed by atoms with Gasteiger partial charge in [0.05, 0.1) is 30.8 Å². The van der Waals surface area contributed by atoms with Crippen molar-refractivity contribution in [3.8, 4) is 11.5 Å². The molecule has 248 valence electrons. The van der Waals surface area contributed by atoms with Gasteiger partial charge < -0.3 is 38.4 Å². The minimum absolute atomic E-state index is 0. The summed E-state index contributed by atoms with van der Waals surface area (Å²) in [5.74, 6) is 1.18. The summed E-state index contributed by atoms with van der Waals surface area (Å²) in [5.41, 5.74) is 2.56. The van der Waals surface area contributed by atoms with Gasteiger partial charge in [0.1, 0.15) is 18.0 Å². The lowest BCUT2D eigenvalue weighted by atomic mass is 10.1. The molecule has 0 fully saturated rings. The number of carbonyl (C=O) groups excluding carboxylic acids is 1. The zero-order chi connectivity index (χ0) is 31.4. The number of amides is 1. The molecule has 0 saturated carbocycles. The van der Waals surface area contributed by atoms with E-state index in [4.69, 9.17) is 21.1 Å². The highest BCUT2D eigenvalue weighted by atomic mass is 127. The van der Waals surface area contributed by atoms with E-state index in [0.717, 1.165) is 30.5 Å². The van der Waals surface area contributed by atoms with E-state index in [0.29, 0.717) is 41.8 Å². The summed E-state index contributed by atoms with van der Waals surface area (Å²) < 4.78 is 13.7. The third-order valence-corrected chi connectivity index (χ3v) is 8.32. The maximum atomic E-state index is 13.8. The van der Waals surface area contributed by atoms with Gasteiger partial charge in [-0.2, -0.15) is 0 Å². The average Bonchev–Trinajstić information content (AvgIpc) is 3.04. The summed E-state index contributed by atoms with van der Waals surface area (Å²) in [6, 6.07) is 17.3. The molecule has 1 heterocycles. The second-order valence-corrected chi connectivity index (χ2v) is 12.2. The lowest BCUT2D eigenvalue weighted by Crippen LogP contribution is -3.00. The van der Waals surface area contributed by atoms with E-state index in [-0.39, 0.29) is 29.9 Å². The van der Waals surface area contributed by atoms with E-state index in [1.165, 1.54) is 70.6 Å². The molecule has 1 amide bonds. The number of hydrogen-bond donors (Lipinski definition) is 0. The molecular formula is C38H54ClIN2O3. The number of para-hydroxylation sites is 1. The maximum Gasteiger partial charge on any atom is 0.258 e. The average molecular weight is 749 g/mol. The molecule has 0 aliphatic heterocycles. The van der Waals surface area contributed by atoms with Gasteiger partial charge in [-0.3, -0.25) is 4.79 Å². The highest BCUT2D eigenvalue weighted by Gasteiger charge is 2.21. The Morgan fingerprint density at radius 2 is 1.40 bits per heavy atom. The predicted octanol–water partition coefficient (Wildman–Crippen LogP) is 6.97. The molecule has 3 aromatic rings. The fourth-order valence-electron chi connectivity index (χ4n) is 5.58. The molecule has 0 radical (unpaired) electrons. The Labute approximate surface area is 294 Å². The van der Waals surface area contributed by atoms with Gasteiger partial charge in [0, 0.05) is 24.6 Å². The van der Waals surface area contributed by atoms with Crippen molar-refractivity contribution in [2.45, 2.75) is 117 Å². The first-order valence-electron chi connectivity index (χ1n) is 16.9. The van der Waals surface area contributed by atoms with Crippen molar-refractivity contribution in [3.63, 3.8) is 0 Å². The van der Waals surface area contributed by atoms with E-state index in [9.17, 15) is 4.79 Å². The van der Waals surface area contributed by atoms with Crippen LogP contribution in [0.4, 0.5) is 0 Å². The lowest BCUT2D eigenvalue weighted by molar-refractivity contribution is -0.697. The Balaban J connectivity index is 0.00000705. The van der Waals surface area contributed by atoms with Crippen LogP contribution in [0.3, 0.4) is 0 Å². The van der Waals surface area contributed by atoms with E-state index in [1.54, 1.807) is 7.11 Å². The molecule has 1 aromatic heterocycles. The number of rotatable bonds is 22. The first-order valence-corrected chi connectivity index (χ1v) is 17.2. The molecule has 0 bridgehead atoms. The first kappa shape index (κ1) is 38.9. The Kier molecular flexibility index (Phi) is 19.9. The molecule has 0 aliphatic carbocycles. The Hall–Kier alpha value is -2.32. The SMILES string of the molecule is CCCCCCCCCCCCCCOc1ccc(CN(Cc2ccc[n+](CCC)c2)C(=O)c2ccccc2OC)cc1Cl.[I-]. The molecule has 0 unspecified atom stereocenters. The number of ether oxygens (including phenoxy) is 2. The van der Waals surface area contributed by atoms with Gasteiger partial charge in [-0.25, -0.2) is 4.57 Å². The Morgan fingerprint density at radius 3 is 2.04 bits per heavy atom. The molecule has 0 atom stereocenters. The van der Waals surface area contributed by atoms with Crippen molar-refractivity contribution in [1.29, 1.82) is 0 Å².